The van der Waals surface area contributed by atoms with Crippen LogP contribution in [0.4, 0.5) is 10.2 Å². The molecule has 0 aliphatic carbocycles. The number of anilines is 1. The van der Waals surface area contributed by atoms with Crippen LogP contribution in [0.3, 0.4) is 0 Å². The molecule has 4 aromatic rings. The van der Waals surface area contributed by atoms with E-state index in [-0.39, 0.29) is 6.10 Å². The fraction of sp³-hybridized carbons (Fsp3) is 0.304. The number of hydrogen-bond acceptors (Lipinski definition) is 6. The zero-order chi connectivity index (χ0) is 22.4. The number of nitrogens with zero attached hydrogens (tertiary/aromatic N) is 6. The number of aromatic nitrogens is 5. The van der Waals surface area contributed by atoms with Gasteiger partial charge in [0.1, 0.15) is 23.3 Å². The molecule has 1 atom stereocenters. The van der Waals surface area contributed by atoms with Gasteiger partial charge >= 0.3 is 0 Å². The Morgan fingerprint density at radius 3 is 2.66 bits per heavy atom. The van der Waals surface area contributed by atoms with Crippen LogP contribution >= 0.6 is 11.6 Å². The predicted molar refractivity (Wildman–Crippen MR) is 121 cm³/mol. The quantitative estimate of drug-likeness (QED) is 0.458. The molecule has 164 valence electrons. The van der Waals surface area contributed by atoms with Gasteiger partial charge in [-0.2, -0.15) is 5.10 Å². The molecule has 0 saturated carbocycles. The number of halogens is 2. The second-order valence-electron chi connectivity index (χ2n) is 7.97. The lowest BCUT2D eigenvalue weighted by Crippen LogP contribution is -2.38. The van der Waals surface area contributed by atoms with Crippen LogP contribution in [0.1, 0.15) is 23.1 Å². The summed E-state index contributed by atoms with van der Waals surface area (Å²) in [6.45, 7) is 5.59. The summed E-state index contributed by atoms with van der Waals surface area (Å²) in [6.07, 6.45) is 3.64. The second-order valence-corrected chi connectivity index (χ2v) is 8.41. The average Bonchev–Trinajstić information content (AvgIpc) is 3.21. The van der Waals surface area contributed by atoms with E-state index < -0.39 is 5.82 Å². The minimum absolute atomic E-state index is 0.128. The fourth-order valence-electron chi connectivity index (χ4n) is 3.93. The van der Waals surface area contributed by atoms with Gasteiger partial charge in [-0.1, -0.05) is 11.6 Å². The van der Waals surface area contributed by atoms with Gasteiger partial charge in [0, 0.05) is 48.0 Å². The first kappa shape index (κ1) is 20.8. The van der Waals surface area contributed by atoms with Crippen LogP contribution in [0.5, 0.6) is 0 Å². The van der Waals surface area contributed by atoms with Gasteiger partial charge in [-0.3, -0.25) is 4.68 Å². The number of morpholine rings is 1. The van der Waals surface area contributed by atoms with Gasteiger partial charge in [-0.25, -0.2) is 19.3 Å². The first-order valence-electron chi connectivity index (χ1n) is 10.4. The third-order valence-electron chi connectivity index (χ3n) is 5.75. The van der Waals surface area contributed by atoms with Crippen LogP contribution in [-0.2, 0) is 11.8 Å². The van der Waals surface area contributed by atoms with Crippen LogP contribution in [0.25, 0.3) is 22.3 Å². The number of fused-ring (bicyclic) bond motifs is 1. The maximum absolute atomic E-state index is 14.9. The molecule has 5 rings (SSSR count). The molecule has 9 heteroatoms. The molecular weight excluding hydrogens is 431 g/mol. The van der Waals surface area contributed by atoms with Crippen molar-refractivity contribution in [3.8, 4) is 11.1 Å². The lowest BCUT2D eigenvalue weighted by atomic mass is 10.0. The molecule has 1 aromatic carbocycles. The maximum atomic E-state index is 14.9. The number of benzene rings is 1. The van der Waals surface area contributed by atoms with E-state index in [0.29, 0.717) is 52.8 Å². The summed E-state index contributed by atoms with van der Waals surface area (Å²) in [7, 11) is 1.88. The first-order valence-corrected chi connectivity index (χ1v) is 10.7. The topological polar surface area (TPSA) is 69.0 Å². The molecule has 7 nitrogen and oxygen atoms in total. The summed E-state index contributed by atoms with van der Waals surface area (Å²) in [4.78, 5) is 16.3. The van der Waals surface area contributed by atoms with Crippen LogP contribution < -0.4 is 4.90 Å². The van der Waals surface area contributed by atoms with Crippen molar-refractivity contribution in [2.75, 3.05) is 24.6 Å². The highest BCUT2D eigenvalue weighted by Crippen LogP contribution is 2.34. The fourth-order valence-corrected chi connectivity index (χ4v) is 4.09. The molecule has 0 spiro atoms. The second kappa shape index (κ2) is 8.11. The maximum Gasteiger partial charge on any atom is 0.181 e. The molecule has 4 heterocycles. The summed E-state index contributed by atoms with van der Waals surface area (Å²) in [6, 6.07) is 6.53. The number of ether oxygens (including phenoxy) is 1. The van der Waals surface area contributed by atoms with Crippen LogP contribution in [0.15, 0.2) is 36.7 Å². The molecule has 0 N–H and O–H groups in total. The Morgan fingerprint density at radius 2 is 1.91 bits per heavy atom. The highest BCUT2D eigenvalue weighted by Gasteiger charge is 2.26. The molecule has 0 bridgehead atoms. The van der Waals surface area contributed by atoms with Crippen molar-refractivity contribution in [1.82, 2.24) is 24.7 Å². The van der Waals surface area contributed by atoms with Crippen molar-refractivity contribution in [3.05, 3.63) is 64.5 Å². The van der Waals surface area contributed by atoms with Crippen molar-refractivity contribution in [1.29, 1.82) is 0 Å². The third kappa shape index (κ3) is 3.80. The van der Waals surface area contributed by atoms with Gasteiger partial charge in [-0.15, -0.1) is 0 Å². The zero-order valence-electron chi connectivity index (χ0n) is 18.0. The molecule has 1 aliphatic rings. The molecule has 1 fully saturated rings. The Kier molecular flexibility index (Phi) is 5.27. The molecule has 0 unspecified atom stereocenters. The van der Waals surface area contributed by atoms with Gasteiger partial charge in [0.15, 0.2) is 5.65 Å². The monoisotopic (exact) mass is 452 g/mol. The standard InChI is InChI=1S/C23H22ClFN6O/c1-13-14(2)28-23-22(27-13)18(17-5-4-16(24)8-19(17)25)9-21(29-23)31-6-7-32-20(12-31)15-10-26-30(3)11-15/h4-5,8-11,20H,6-7,12H2,1-3H3/t20-/m0/s1. The number of rotatable bonds is 3. The van der Waals surface area contributed by atoms with Gasteiger partial charge in [0.2, 0.25) is 0 Å². The Balaban J connectivity index is 1.62. The van der Waals surface area contributed by atoms with E-state index in [2.05, 4.69) is 20.0 Å². The normalized spacial score (nSPS) is 16.7. The summed E-state index contributed by atoms with van der Waals surface area (Å²) < 4.78 is 22.6. The Bertz CT molecular complexity index is 1320. The summed E-state index contributed by atoms with van der Waals surface area (Å²) in [5, 5.41) is 4.59. The summed E-state index contributed by atoms with van der Waals surface area (Å²) in [5.41, 5.74) is 4.69. The number of hydrogen-bond donors (Lipinski definition) is 0. The van der Waals surface area contributed by atoms with E-state index in [4.69, 9.17) is 21.3 Å². The highest BCUT2D eigenvalue weighted by atomic mass is 35.5. The minimum atomic E-state index is -0.411. The van der Waals surface area contributed by atoms with Crippen LogP contribution in [-0.4, -0.2) is 44.4 Å². The molecule has 32 heavy (non-hydrogen) atoms. The van der Waals surface area contributed by atoms with Crippen LogP contribution in [0.2, 0.25) is 5.02 Å². The molecule has 3 aromatic heterocycles. The molecule has 0 radical (unpaired) electrons. The predicted octanol–water partition coefficient (Wildman–Crippen LogP) is 4.41. The first-order chi connectivity index (χ1) is 15.4. The summed E-state index contributed by atoms with van der Waals surface area (Å²) >= 11 is 5.99. The lowest BCUT2D eigenvalue weighted by molar-refractivity contribution is 0.0395. The van der Waals surface area contributed by atoms with E-state index >= 15 is 0 Å². The van der Waals surface area contributed by atoms with E-state index in [0.717, 1.165) is 17.0 Å². The van der Waals surface area contributed by atoms with Crippen molar-refractivity contribution >= 4 is 28.6 Å². The van der Waals surface area contributed by atoms with Crippen molar-refractivity contribution in [2.24, 2.45) is 7.05 Å². The van der Waals surface area contributed by atoms with Gasteiger partial charge in [0.25, 0.3) is 0 Å². The van der Waals surface area contributed by atoms with E-state index in [1.807, 2.05) is 39.4 Å². The summed E-state index contributed by atoms with van der Waals surface area (Å²) in [5.74, 6) is 0.294. The number of pyridine rings is 1. The molecule has 1 saturated heterocycles. The van der Waals surface area contributed by atoms with Gasteiger partial charge < -0.3 is 9.64 Å². The number of aryl methyl sites for hydroxylation is 3. The Labute approximate surface area is 189 Å². The lowest BCUT2D eigenvalue weighted by Gasteiger charge is -2.33. The van der Waals surface area contributed by atoms with Crippen LogP contribution in [0, 0.1) is 19.7 Å². The van der Waals surface area contributed by atoms with Gasteiger partial charge in [-0.05, 0) is 38.1 Å². The smallest absolute Gasteiger partial charge is 0.181 e. The Hall–Kier alpha value is -3.10. The molecule has 0 amide bonds. The van der Waals surface area contributed by atoms with E-state index in [9.17, 15) is 4.39 Å². The SMILES string of the molecule is Cc1nc2nc(N3CCO[C@H](c4cnn(C)c4)C3)cc(-c3ccc(Cl)cc3F)c2nc1C. The van der Waals surface area contributed by atoms with Crippen molar-refractivity contribution < 1.29 is 9.13 Å². The molecular formula is C23H22ClFN6O. The van der Waals surface area contributed by atoms with E-state index in [1.54, 1.807) is 16.8 Å². The van der Waals surface area contributed by atoms with Gasteiger partial charge in [0.05, 0.1) is 24.2 Å². The minimum Gasteiger partial charge on any atom is -0.370 e. The largest absolute Gasteiger partial charge is 0.370 e. The highest BCUT2D eigenvalue weighted by molar-refractivity contribution is 6.30. The molecule has 1 aliphatic heterocycles. The van der Waals surface area contributed by atoms with Crippen molar-refractivity contribution in [3.63, 3.8) is 0 Å². The van der Waals surface area contributed by atoms with E-state index in [1.165, 1.54) is 6.07 Å². The van der Waals surface area contributed by atoms with Crippen molar-refractivity contribution in [2.45, 2.75) is 20.0 Å². The Morgan fingerprint density at radius 1 is 1.09 bits per heavy atom. The zero-order valence-corrected chi connectivity index (χ0v) is 18.8. The third-order valence-corrected chi connectivity index (χ3v) is 5.98. The average molecular weight is 453 g/mol.